The van der Waals surface area contributed by atoms with Gasteiger partial charge in [0, 0.05) is 40.7 Å². The first-order valence-corrected chi connectivity index (χ1v) is 9.80. The molecule has 0 radical (unpaired) electrons. The highest BCUT2D eigenvalue weighted by atomic mass is 32.2. The average Bonchev–Trinajstić information content (AvgIpc) is 3.00. The van der Waals surface area contributed by atoms with Gasteiger partial charge < -0.3 is 5.32 Å². The van der Waals surface area contributed by atoms with Gasteiger partial charge in [0.15, 0.2) is 9.84 Å². The molecule has 1 aromatic heterocycles. The first-order chi connectivity index (χ1) is 10.9. The SMILES string of the molecule is CCS(=O)(=O)CCNCc1ccc(-c2ccc([N+](=O)[O-])cc2)s1. The molecule has 0 unspecified atom stereocenters. The van der Waals surface area contributed by atoms with Crippen LogP contribution in [0.15, 0.2) is 36.4 Å². The Morgan fingerprint density at radius 3 is 2.48 bits per heavy atom. The highest BCUT2D eigenvalue weighted by molar-refractivity contribution is 7.91. The first-order valence-electron chi connectivity index (χ1n) is 7.16. The summed E-state index contributed by atoms with van der Waals surface area (Å²) >= 11 is 1.58. The zero-order chi connectivity index (χ0) is 16.9. The fourth-order valence-electron chi connectivity index (χ4n) is 1.96. The van der Waals surface area contributed by atoms with E-state index in [1.165, 1.54) is 12.1 Å². The van der Waals surface area contributed by atoms with Gasteiger partial charge in [0.25, 0.3) is 5.69 Å². The Morgan fingerprint density at radius 1 is 1.17 bits per heavy atom. The van der Waals surface area contributed by atoms with Crippen LogP contribution >= 0.6 is 11.3 Å². The van der Waals surface area contributed by atoms with Crippen molar-refractivity contribution < 1.29 is 13.3 Å². The van der Waals surface area contributed by atoms with E-state index in [1.807, 2.05) is 12.1 Å². The number of nitrogens with zero attached hydrogens (tertiary/aromatic N) is 1. The van der Waals surface area contributed by atoms with E-state index in [0.717, 1.165) is 15.3 Å². The van der Waals surface area contributed by atoms with Gasteiger partial charge >= 0.3 is 0 Å². The summed E-state index contributed by atoms with van der Waals surface area (Å²) in [6, 6.07) is 10.4. The van der Waals surface area contributed by atoms with Crippen molar-refractivity contribution in [2.45, 2.75) is 13.5 Å². The molecular weight excluding hydrogens is 336 g/mol. The van der Waals surface area contributed by atoms with Gasteiger partial charge in [0.1, 0.15) is 0 Å². The number of benzene rings is 1. The Kier molecular flexibility index (Phi) is 5.86. The maximum absolute atomic E-state index is 11.4. The van der Waals surface area contributed by atoms with Crippen LogP contribution in [0, 0.1) is 10.1 Å². The minimum absolute atomic E-state index is 0.0735. The summed E-state index contributed by atoms with van der Waals surface area (Å²) in [7, 11) is -2.94. The standard InChI is InChI=1S/C15H18N2O4S2/c1-2-23(20,21)10-9-16-11-14-7-8-15(22-14)12-3-5-13(6-4-12)17(18)19/h3-8,16H,2,9-11H2,1H3. The van der Waals surface area contributed by atoms with Crippen molar-refractivity contribution in [2.24, 2.45) is 0 Å². The van der Waals surface area contributed by atoms with Crippen LogP contribution in [0.4, 0.5) is 5.69 Å². The molecule has 1 aromatic carbocycles. The molecule has 0 aliphatic heterocycles. The number of hydrogen-bond donors (Lipinski definition) is 1. The Bertz CT molecular complexity index is 767. The van der Waals surface area contributed by atoms with Crippen molar-refractivity contribution in [1.82, 2.24) is 5.32 Å². The number of nitro benzene ring substituents is 1. The summed E-state index contributed by atoms with van der Waals surface area (Å²) < 4.78 is 22.8. The molecule has 2 rings (SSSR count). The zero-order valence-corrected chi connectivity index (χ0v) is 14.3. The van der Waals surface area contributed by atoms with Gasteiger partial charge in [0.2, 0.25) is 0 Å². The normalized spacial score (nSPS) is 11.5. The van der Waals surface area contributed by atoms with Crippen LogP contribution in [0.1, 0.15) is 11.8 Å². The summed E-state index contributed by atoms with van der Waals surface area (Å²) in [4.78, 5) is 12.3. The van der Waals surface area contributed by atoms with Crippen LogP contribution in [0.2, 0.25) is 0 Å². The van der Waals surface area contributed by atoms with E-state index in [1.54, 1.807) is 30.4 Å². The van der Waals surface area contributed by atoms with Crippen molar-refractivity contribution in [2.75, 3.05) is 18.1 Å². The van der Waals surface area contributed by atoms with Gasteiger partial charge in [-0.1, -0.05) is 6.92 Å². The molecule has 0 aliphatic carbocycles. The van der Waals surface area contributed by atoms with Gasteiger partial charge in [-0.2, -0.15) is 0 Å². The van der Waals surface area contributed by atoms with E-state index in [0.29, 0.717) is 13.1 Å². The van der Waals surface area contributed by atoms with Crippen molar-refractivity contribution in [3.8, 4) is 10.4 Å². The lowest BCUT2D eigenvalue weighted by molar-refractivity contribution is -0.384. The number of nitrogens with one attached hydrogen (secondary N) is 1. The molecule has 0 aliphatic rings. The van der Waals surface area contributed by atoms with Gasteiger partial charge in [-0.25, -0.2) is 8.42 Å². The molecule has 0 bridgehead atoms. The fraction of sp³-hybridized carbons (Fsp3) is 0.333. The van der Waals surface area contributed by atoms with Crippen LogP contribution in [0.5, 0.6) is 0 Å². The number of hydrogen-bond acceptors (Lipinski definition) is 6. The predicted octanol–water partition coefficient (Wildman–Crippen LogP) is 2.85. The zero-order valence-electron chi connectivity index (χ0n) is 12.7. The van der Waals surface area contributed by atoms with E-state index in [2.05, 4.69) is 5.32 Å². The predicted molar refractivity (Wildman–Crippen MR) is 92.4 cm³/mol. The number of nitro groups is 1. The Morgan fingerprint density at radius 2 is 1.87 bits per heavy atom. The molecule has 0 saturated heterocycles. The average molecular weight is 354 g/mol. The van der Waals surface area contributed by atoms with Crippen molar-refractivity contribution in [3.05, 3.63) is 51.4 Å². The molecular formula is C15H18N2O4S2. The Hall–Kier alpha value is -1.77. The third-order valence-electron chi connectivity index (χ3n) is 3.35. The van der Waals surface area contributed by atoms with E-state index in [4.69, 9.17) is 0 Å². The Labute approximate surface area is 139 Å². The molecule has 1 heterocycles. The van der Waals surface area contributed by atoms with E-state index in [-0.39, 0.29) is 17.2 Å². The van der Waals surface area contributed by atoms with Crippen LogP contribution in [0.25, 0.3) is 10.4 Å². The highest BCUT2D eigenvalue weighted by Crippen LogP contribution is 2.29. The van der Waals surface area contributed by atoms with Crippen LogP contribution in [0.3, 0.4) is 0 Å². The molecule has 6 nitrogen and oxygen atoms in total. The molecule has 0 saturated carbocycles. The molecule has 124 valence electrons. The third kappa shape index (κ3) is 5.12. The number of sulfone groups is 1. The molecule has 0 amide bonds. The number of non-ortho nitro benzene ring substituents is 1. The Balaban J connectivity index is 1.91. The summed E-state index contributed by atoms with van der Waals surface area (Å²) in [5, 5.41) is 13.8. The number of rotatable bonds is 8. The van der Waals surface area contributed by atoms with Gasteiger partial charge in [-0.15, -0.1) is 11.3 Å². The van der Waals surface area contributed by atoms with Crippen LogP contribution < -0.4 is 5.32 Å². The van der Waals surface area contributed by atoms with Crippen molar-refractivity contribution >= 4 is 26.9 Å². The third-order valence-corrected chi connectivity index (χ3v) is 6.19. The monoisotopic (exact) mass is 354 g/mol. The first kappa shape index (κ1) is 17.6. The van der Waals surface area contributed by atoms with Crippen molar-refractivity contribution in [1.29, 1.82) is 0 Å². The second-order valence-electron chi connectivity index (χ2n) is 4.98. The molecule has 8 heteroatoms. The largest absolute Gasteiger partial charge is 0.311 e. The fourth-order valence-corrected chi connectivity index (χ4v) is 3.69. The molecule has 2 aromatic rings. The summed E-state index contributed by atoms with van der Waals surface area (Å²) in [6.07, 6.45) is 0. The lowest BCUT2D eigenvalue weighted by atomic mass is 10.2. The maximum atomic E-state index is 11.4. The highest BCUT2D eigenvalue weighted by Gasteiger charge is 2.08. The summed E-state index contributed by atoms with van der Waals surface area (Å²) in [5.41, 5.74) is 1.00. The topological polar surface area (TPSA) is 89.3 Å². The summed E-state index contributed by atoms with van der Waals surface area (Å²) in [6.45, 7) is 2.68. The van der Waals surface area contributed by atoms with Crippen LogP contribution in [-0.2, 0) is 16.4 Å². The van der Waals surface area contributed by atoms with Gasteiger partial charge in [0.05, 0.1) is 10.7 Å². The van der Waals surface area contributed by atoms with E-state index >= 15 is 0 Å². The number of thiophene rings is 1. The molecule has 23 heavy (non-hydrogen) atoms. The molecule has 0 atom stereocenters. The van der Waals surface area contributed by atoms with Gasteiger partial charge in [-0.05, 0) is 29.8 Å². The quantitative estimate of drug-likeness (QED) is 0.447. The van der Waals surface area contributed by atoms with E-state index < -0.39 is 14.8 Å². The lowest BCUT2D eigenvalue weighted by Gasteiger charge is -2.03. The minimum Gasteiger partial charge on any atom is -0.311 e. The maximum Gasteiger partial charge on any atom is 0.269 e. The second kappa shape index (κ2) is 7.67. The summed E-state index contributed by atoms with van der Waals surface area (Å²) in [5.74, 6) is 0.308. The minimum atomic E-state index is -2.94. The lowest BCUT2D eigenvalue weighted by Crippen LogP contribution is -2.23. The molecule has 1 N–H and O–H groups in total. The van der Waals surface area contributed by atoms with Gasteiger partial charge in [-0.3, -0.25) is 10.1 Å². The molecule has 0 fully saturated rings. The van der Waals surface area contributed by atoms with E-state index in [9.17, 15) is 18.5 Å². The van der Waals surface area contributed by atoms with Crippen molar-refractivity contribution in [3.63, 3.8) is 0 Å². The smallest absolute Gasteiger partial charge is 0.269 e. The second-order valence-corrected chi connectivity index (χ2v) is 8.62. The van der Waals surface area contributed by atoms with Crippen LogP contribution in [-0.4, -0.2) is 31.4 Å². The molecule has 0 spiro atoms.